The number of para-hydroxylation sites is 1. The topological polar surface area (TPSA) is 52.5 Å². The smallest absolute Gasteiger partial charge is 0.161 e. The second-order valence-electron chi connectivity index (χ2n) is 5.04. The molecule has 0 radical (unpaired) electrons. The van der Waals surface area contributed by atoms with E-state index in [-0.39, 0.29) is 17.5 Å². The van der Waals surface area contributed by atoms with E-state index in [1.54, 1.807) is 12.1 Å². The lowest BCUT2D eigenvalue weighted by atomic mass is 10.0. The predicted octanol–water partition coefficient (Wildman–Crippen LogP) is 4.08. The van der Waals surface area contributed by atoms with Crippen LogP contribution in [0.15, 0.2) is 41.3 Å². The summed E-state index contributed by atoms with van der Waals surface area (Å²) in [7, 11) is 0. The third kappa shape index (κ3) is 3.12. The molecule has 0 fully saturated rings. The van der Waals surface area contributed by atoms with Gasteiger partial charge in [-0.3, -0.25) is 0 Å². The molecule has 0 spiro atoms. The molecule has 1 atom stereocenters. The summed E-state index contributed by atoms with van der Waals surface area (Å²) in [6.07, 6.45) is 1.01. The van der Waals surface area contributed by atoms with Crippen LogP contribution in [0.1, 0.15) is 23.6 Å². The first-order valence-electron chi connectivity index (χ1n) is 6.80. The van der Waals surface area contributed by atoms with Crippen molar-refractivity contribution in [2.75, 3.05) is 5.75 Å². The van der Waals surface area contributed by atoms with Crippen LogP contribution in [0.2, 0.25) is 5.02 Å². The number of hydrogen-bond donors (Lipinski definition) is 3. The maximum atomic E-state index is 9.85. The number of aromatic hydroxyl groups is 2. The lowest BCUT2D eigenvalue weighted by Gasteiger charge is -2.26. The second kappa shape index (κ2) is 6.18. The Balaban J connectivity index is 1.78. The maximum Gasteiger partial charge on any atom is 0.161 e. The Kier molecular flexibility index (Phi) is 4.29. The highest BCUT2D eigenvalue weighted by atomic mass is 35.5. The summed E-state index contributed by atoms with van der Waals surface area (Å²) < 4.78 is 0. The Morgan fingerprint density at radius 1 is 1.24 bits per heavy atom. The van der Waals surface area contributed by atoms with Crippen molar-refractivity contribution in [1.29, 1.82) is 0 Å². The highest BCUT2D eigenvalue weighted by Crippen LogP contribution is 2.38. The molecule has 5 heteroatoms. The maximum absolute atomic E-state index is 9.85. The average molecular weight is 322 g/mol. The Morgan fingerprint density at radius 3 is 2.95 bits per heavy atom. The summed E-state index contributed by atoms with van der Waals surface area (Å²) in [6, 6.07) is 11.2. The van der Waals surface area contributed by atoms with Gasteiger partial charge in [0.25, 0.3) is 0 Å². The zero-order chi connectivity index (χ0) is 14.8. The van der Waals surface area contributed by atoms with Gasteiger partial charge < -0.3 is 15.5 Å². The van der Waals surface area contributed by atoms with Gasteiger partial charge in [-0.25, -0.2) is 0 Å². The number of phenols is 2. The summed E-state index contributed by atoms with van der Waals surface area (Å²) in [5.41, 5.74) is 1.90. The minimum Gasteiger partial charge on any atom is -0.504 e. The number of halogens is 1. The molecule has 110 valence electrons. The van der Waals surface area contributed by atoms with Crippen molar-refractivity contribution in [2.24, 2.45) is 0 Å². The van der Waals surface area contributed by atoms with Crippen molar-refractivity contribution in [3.8, 4) is 11.5 Å². The molecule has 1 aliphatic heterocycles. The third-order valence-electron chi connectivity index (χ3n) is 3.65. The number of rotatable bonds is 3. The number of benzene rings is 2. The van der Waals surface area contributed by atoms with E-state index in [0.29, 0.717) is 12.1 Å². The van der Waals surface area contributed by atoms with E-state index in [4.69, 9.17) is 11.6 Å². The van der Waals surface area contributed by atoms with Crippen LogP contribution >= 0.6 is 23.4 Å². The molecule has 2 aromatic rings. The standard InChI is InChI=1S/C16H16ClNO2S/c17-11-4-5-15-12(8-11)13(6-7-21-15)18-9-10-2-1-3-14(19)16(10)20/h1-5,8,13,18-20H,6-7,9H2. The Bertz CT molecular complexity index is 663. The van der Waals surface area contributed by atoms with Gasteiger partial charge in [0.15, 0.2) is 11.5 Å². The fourth-order valence-electron chi connectivity index (χ4n) is 2.53. The van der Waals surface area contributed by atoms with Gasteiger partial charge in [0, 0.05) is 28.1 Å². The molecular formula is C16H16ClNO2S. The van der Waals surface area contributed by atoms with Gasteiger partial charge in [-0.15, -0.1) is 11.8 Å². The summed E-state index contributed by atoms with van der Waals surface area (Å²) in [4.78, 5) is 1.25. The van der Waals surface area contributed by atoms with E-state index >= 15 is 0 Å². The number of hydrogen-bond acceptors (Lipinski definition) is 4. The minimum atomic E-state index is -0.0862. The molecule has 3 rings (SSSR count). The van der Waals surface area contributed by atoms with Gasteiger partial charge in [-0.05, 0) is 42.0 Å². The molecule has 0 amide bonds. The van der Waals surface area contributed by atoms with Crippen molar-refractivity contribution in [3.63, 3.8) is 0 Å². The Hall–Kier alpha value is -1.36. The van der Waals surface area contributed by atoms with Crippen LogP contribution in [0.3, 0.4) is 0 Å². The molecule has 0 aromatic heterocycles. The molecule has 1 heterocycles. The van der Waals surface area contributed by atoms with Crippen molar-refractivity contribution in [2.45, 2.75) is 23.9 Å². The van der Waals surface area contributed by atoms with Crippen LogP contribution in [-0.4, -0.2) is 16.0 Å². The number of nitrogens with one attached hydrogen (secondary N) is 1. The monoisotopic (exact) mass is 321 g/mol. The predicted molar refractivity (Wildman–Crippen MR) is 86.1 cm³/mol. The van der Waals surface area contributed by atoms with E-state index in [1.807, 2.05) is 23.9 Å². The first kappa shape index (κ1) is 14.6. The minimum absolute atomic E-state index is 0.0542. The summed E-state index contributed by atoms with van der Waals surface area (Å²) >= 11 is 7.94. The highest BCUT2D eigenvalue weighted by molar-refractivity contribution is 7.99. The van der Waals surface area contributed by atoms with Crippen molar-refractivity contribution in [3.05, 3.63) is 52.5 Å². The lowest BCUT2D eigenvalue weighted by Crippen LogP contribution is -2.24. The normalized spacial score (nSPS) is 17.5. The largest absolute Gasteiger partial charge is 0.504 e. The van der Waals surface area contributed by atoms with Crippen molar-refractivity contribution >= 4 is 23.4 Å². The van der Waals surface area contributed by atoms with E-state index in [9.17, 15) is 10.2 Å². The molecule has 3 nitrogen and oxygen atoms in total. The van der Waals surface area contributed by atoms with Crippen LogP contribution in [-0.2, 0) is 6.54 Å². The fourth-order valence-corrected chi connectivity index (χ4v) is 3.82. The molecular weight excluding hydrogens is 306 g/mol. The van der Waals surface area contributed by atoms with E-state index in [1.165, 1.54) is 16.5 Å². The number of fused-ring (bicyclic) bond motifs is 1. The third-order valence-corrected chi connectivity index (χ3v) is 5.01. The van der Waals surface area contributed by atoms with E-state index < -0.39 is 0 Å². The zero-order valence-electron chi connectivity index (χ0n) is 11.3. The molecule has 0 aliphatic carbocycles. The quantitative estimate of drug-likeness (QED) is 0.746. The van der Waals surface area contributed by atoms with Gasteiger partial charge in [-0.2, -0.15) is 0 Å². The van der Waals surface area contributed by atoms with Gasteiger partial charge >= 0.3 is 0 Å². The molecule has 0 bridgehead atoms. The molecule has 1 unspecified atom stereocenters. The van der Waals surface area contributed by atoms with E-state index in [0.717, 1.165) is 17.2 Å². The zero-order valence-corrected chi connectivity index (χ0v) is 12.9. The molecule has 3 N–H and O–H groups in total. The van der Waals surface area contributed by atoms with Crippen LogP contribution in [0.5, 0.6) is 11.5 Å². The first-order valence-corrected chi connectivity index (χ1v) is 8.17. The van der Waals surface area contributed by atoms with Gasteiger partial charge in [-0.1, -0.05) is 23.7 Å². The SMILES string of the molecule is Oc1cccc(CNC2CCSc3ccc(Cl)cc32)c1O. The van der Waals surface area contributed by atoms with Crippen LogP contribution in [0.4, 0.5) is 0 Å². The molecule has 2 aromatic carbocycles. The molecule has 0 saturated heterocycles. The Labute approximate surface area is 133 Å². The lowest BCUT2D eigenvalue weighted by molar-refractivity contribution is 0.395. The van der Waals surface area contributed by atoms with Crippen LogP contribution in [0.25, 0.3) is 0 Å². The number of phenolic OH excluding ortho intramolecular Hbond substituents is 2. The van der Waals surface area contributed by atoms with Crippen LogP contribution in [0, 0.1) is 0 Å². The summed E-state index contributed by atoms with van der Waals surface area (Å²) in [5, 5.41) is 23.6. The fraction of sp³-hybridized carbons (Fsp3) is 0.250. The van der Waals surface area contributed by atoms with E-state index in [2.05, 4.69) is 11.4 Å². The van der Waals surface area contributed by atoms with Gasteiger partial charge in [0.1, 0.15) is 0 Å². The highest BCUT2D eigenvalue weighted by Gasteiger charge is 2.21. The van der Waals surface area contributed by atoms with Crippen molar-refractivity contribution < 1.29 is 10.2 Å². The van der Waals surface area contributed by atoms with Gasteiger partial charge in [0.2, 0.25) is 0 Å². The van der Waals surface area contributed by atoms with Gasteiger partial charge in [0.05, 0.1) is 0 Å². The first-order chi connectivity index (χ1) is 10.1. The molecule has 1 aliphatic rings. The second-order valence-corrected chi connectivity index (χ2v) is 6.61. The summed E-state index contributed by atoms with van der Waals surface area (Å²) in [6.45, 7) is 0.502. The summed E-state index contributed by atoms with van der Waals surface area (Å²) in [5.74, 6) is 0.914. The Morgan fingerprint density at radius 2 is 2.10 bits per heavy atom. The van der Waals surface area contributed by atoms with Crippen molar-refractivity contribution in [1.82, 2.24) is 5.32 Å². The molecule has 21 heavy (non-hydrogen) atoms. The van der Waals surface area contributed by atoms with Crippen LogP contribution < -0.4 is 5.32 Å². The number of thioether (sulfide) groups is 1. The molecule has 0 saturated carbocycles. The average Bonchev–Trinajstić information content (AvgIpc) is 2.49.